The molecule has 2 atom stereocenters. The molecule has 0 bridgehead atoms. The SMILES string of the molecule is CC(C)(C)OC(=O)N[C@@H](Cc1ccccc1)[C@@H](O)CCC(=O)N(Cc1ccc(OCCN2CCOCC2)cc1)Cc1nc2ccc(OCCN3CCOCC3)cc2[nH]1. The summed E-state index contributed by atoms with van der Waals surface area (Å²) >= 11 is 0. The highest BCUT2D eigenvalue weighted by molar-refractivity contribution is 5.78. The number of morpholine rings is 2. The fourth-order valence-corrected chi connectivity index (χ4v) is 7.01. The number of carbonyl (C=O) groups is 2. The standard InChI is InChI=1S/C44H60N6O8/c1-44(2,3)58-43(53)47-39(29-33-7-5-4-6-8-33)40(51)15-16-42(52)50(31-34-9-11-35(12-10-34)56-27-21-48-17-23-54-24-18-48)32-41-45-37-14-13-36(30-38(37)46-41)57-28-22-49-19-25-55-26-20-49/h4-14,30,39-40,51H,15-29,31-32H2,1-3H3,(H,45,46)(H,47,53)/t39-,40-/m0/s1. The van der Waals surface area contributed by atoms with Gasteiger partial charge in [-0.2, -0.15) is 0 Å². The van der Waals surface area contributed by atoms with Gasteiger partial charge in [-0.1, -0.05) is 42.5 Å². The second-order valence-corrected chi connectivity index (χ2v) is 15.9. The first-order chi connectivity index (χ1) is 28.1. The predicted octanol–water partition coefficient (Wildman–Crippen LogP) is 4.79. The molecule has 2 aliphatic heterocycles. The van der Waals surface area contributed by atoms with Crippen molar-refractivity contribution in [1.29, 1.82) is 0 Å². The highest BCUT2D eigenvalue weighted by Crippen LogP contribution is 2.22. The van der Waals surface area contributed by atoms with E-state index in [1.54, 1.807) is 25.7 Å². The molecule has 0 aliphatic carbocycles. The molecule has 0 spiro atoms. The van der Waals surface area contributed by atoms with Gasteiger partial charge in [-0.05, 0) is 69.0 Å². The third-order valence-electron chi connectivity index (χ3n) is 10.2. The summed E-state index contributed by atoms with van der Waals surface area (Å²) in [6.07, 6.45) is -1.08. The summed E-state index contributed by atoms with van der Waals surface area (Å²) in [5.41, 5.74) is 2.76. The van der Waals surface area contributed by atoms with Crippen LogP contribution in [-0.4, -0.2) is 138 Å². The van der Waals surface area contributed by atoms with Gasteiger partial charge in [0.05, 0.1) is 56.2 Å². The number of fused-ring (bicyclic) bond motifs is 1. The molecule has 3 aromatic carbocycles. The number of benzene rings is 3. The van der Waals surface area contributed by atoms with Gasteiger partial charge in [0.2, 0.25) is 5.91 Å². The number of aliphatic hydroxyl groups is 1. The van der Waals surface area contributed by atoms with Crippen LogP contribution >= 0.6 is 0 Å². The van der Waals surface area contributed by atoms with E-state index >= 15 is 0 Å². The zero-order chi connectivity index (χ0) is 40.7. The van der Waals surface area contributed by atoms with Crippen LogP contribution in [0.15, 0.2) is 72.8 Å². The first-order valence-electron chi connectivity index (χ1n) is 20.5. The van der Waals surface area contributed by atoms with E-state index < -0.39 is 23.8 Å². The number of aromatic amines is 1. The smallest absolute Gasteiger partial charge is 0.407 e. The number of amides is 2. The maximum absolute atomic E-state index is 14.1. The summed E-state index contributed by atoms with van der Waals surface area (Å²) in [4.78, 5) is 41.6. The first kappa shape index (κ1) is 42.9. The summed E-state index contributed by atoms with van der Waals surface area (Å²) in [5.74, 6) is 1.98. The van der Waals surface area contributed by atoms with E-state index in [1.807, 2.05) is 72.8 Å². The van der Waals surface area contributed by atoms with Crippen LogP contribution in [0.3, 0.4) is 0 Å². The Labute approximate surface area is 341 Å². The Balaban J connectivity index is 1.12. The van der Waals surface area contributed by atoms with Gasteiger partial charge in [0.1, 0.15) is 36.1 Å². The molecule has 2 aliphatic rings. The van der Waals surface area contributed by atoms with Crippen molar-refractivity contribution in [2.24, 2.45) is 0 Å². The number of rotatable bonds is 19. The normalized spacial score (nSPS) is 16.4. The minimum Gasteiger partial charge on any atom is -0.492 e. The molecule has 2 amide bonds. The van der Waals surface area contributed by atoms with Gasteiger partial charge in [0.15, 0.2) is 0 Å². The maximum Gasteiger partial charge on any atom is 0.407 e. The summed E-state index contributed by atoms with van der Waals surface area (Å²) in [5, 5.41) is 14.3. The average molecular weight is 801 g/mol. The van der Waals surface area contributed by atoms with E-state index in [2.05, 4.69) is 20.1 Å². The van der Waals surface area contributed by atoms with E-state index in [4.69, 9.17) is 28.7 Å². The topological polar surface area (TPSA) is 151 Å². The van der Waals surface area contributed by atoms with Crippen LogP contribution in [-0.2, 0) is 38.5 Å². The number of nitrogens with zero attached hydrogens (tertiary/aromatic N) is 4. The van der Waals surface area contributed by atoms with Crippen molar-refractivity contribution >= 4 is 23.0 Å². The van der Waals surface area contributed by atoms with Crippen LogP contribution in [0.2, 0.25) is 0 Å². The van der Waals surface area contributed by atoms with Crippen molar-refractivity contribution in [3.05, 3.63) is 89.7 Å². The predicted molar refractivity (Wildman–Crippen MR) is 221 cm³/mol. The molecule has 0 radical (unpaired) electrons. The third kappa shape index (κ3) is 14.0. The molecule has 1 aromatic heterocycles. The van der Waals surface area contributed by atoms with E-state index in [0.29, 0.717) is 32.0 Å². The molecular formula is C44H60N6O8. The minimum atomic E-state index is -1.01. The first-order valence-corrected chi connectivity index (χ1v) is 20.5. The quantitative estimate of drug-likeness (QED) is 0.120. The molecule has 3 N–H and O–H groups in total. The summed E-state index contributed by atoms with van der Waals surface area (Å²) in [6.45, 7) is 15.3. The summed E-state index contributed by atoms with van der Waals surface area (Å²) in [7, 11) is 0. The highest BCUT2D eigenvalue weighted by atomic mass is 16.6. The Morgan fingerprint density at radius 3 is 2.10 bits per heavy atom. The minimum absolute atomic E-state index is 0.0482. The van der Waals surface area contributed by atoms with E-state index in [0.717, 1.165) is 99.4 Å². The Morgan fingerprint density at radius 2 is 1.47 bits per heavy atom. The molecule has 2 fully saturated rings. The lowest BCUT2D eigenvalue weighted by atomic mass is 9.98. The molecule has 0 saturated carbocycles. The monoisotopic (exact) mass is 800 g/mol. The van der Waals surface area contributed by atoms with Crippen molar-refractivity contribution < 1.29 is 38.4 Å². The molecule has 4 aromatic rings. The number of aliphatic hydroxyl groups excluding tert-OH is 1. The second-order valence-electron chi connectivity index (χ2n) is 15.9. The van der Waals surface area contributed by atoms with Crippen LogP contribution in [0.25, 0.3) is 11.0 Å². The fraction of sp³-hybridized carbons (Fsp3) is 0.523. The van der Waals surface area contributed by atoms with Crippen LogP contribution in [0, 0.1) is 0 Å². The van der Waals surface area contributed by atoms with Crippen LogP contribution < -0.4 is 14.8 Å². The van der Waals surface area contributed by atoms with Crippen molar-refractivity contribution in [3.8, 4) is 11.5 Å². The molecule has 14 heteroatoms. The molecule has 0 unspecified atom stereocenters. The number of carbonyl (C=O) groups excluding carboxylic acids is 2. The fourth-order valence-electron chi connectivity index (χ4n) is 7.01. The number of nitrogens with one attached hydrogen (secondary N) is 2. The van der Waals surface area contributed by atoms with Gasteiger partial charge in [-0.3, -0.25) is 14.6 Å². The van der Waals surface area contributed by atoms with Crippen LogP contribution in [0.5, 0.6) is 11.5 Å². The maximum atomic E-state index is 14.1. The van der Waals surface area contributed by atoms with Gasteiger partial charge in [0.25, 0.3) is 0 Å². The lowest BCUT2D eigenvalue weighted by molar-refractivity contribution is -0.133. The van der Waals surface area contributed by atoms with Gasteiger partial charge < -0.3 is 44.0 Å². The second kappa shape index (κ2) is 21.3. The summed E-state index contributed by atoms with van der Waals surface area (Å²) < 4.78 is 28.5. The molecule has 14 nitrogen and oxygen atoms in total. The van der Waals surface area contributed by atoms with Gasteiger partial charge in [-0.15, -0.1) is 0 Å². The molecular weight excluding hydrogens is 741 g/mol. The highest BCUT2D eigenvalue weighted by Gasteiger charge is 2.27. The van der Waals surface area contributed by atoms with Crippen LogP contribution in [0.1, 0.15) is 50.6 Å². The van der Waals surface area contributed by atoms with Crippen LogP contribution in [0.4, 0.5) is 4.79 Å². The number of hydrogen-bond donors (Lipinski definition) is 3. The molecule has 58 heavy (non-hydrogen) atoms. The van der Waals surface area contributed by atoms with Crippen molar-refractivity contribution in [2.45, 2.75) is 70.9 Å². The third-order valence-corrected chi connectivity index (χ3v) is 10.2. The summed E-state index contributed by atoms with van der Waals surface area (Å²) in [6, 6.07) is 22.5. The zero-order valence-electron chi connectivity index (χ0n) is 34.2. The van der Waals surface area contributed by atoms with Gasteiger partial charge >= 0.3 is 6.09 Å². The largest absolute Gasteiger partial charge is 0.492 e. The molecule has 3 heterocycles. The number of alkyl carbamates (subject to hydrolysis) is 1. The number of ether oxygens (including phenoxy) is 5. The lowest BCUT2D eigenvalue weighted by Gasteiger charge is -2.28. The Hall–Kier alpha value is -4.73. The molecule has 6 rings (SSSR count). The van der Waals surface area contributed by atoms with E-state index in [9.17, 15) is 14.7 Å². The van der Waals surface area contributed by atoms with E-state index in [-0.39, 0.29) is 25.3 Å². The number of aromatic nitrogens is 2. The number of imidazole rings is 1. The van der Waals surface area contributed by atoms with Crippen molar-refractivity contribution in [3.63, 3.8) is 0 Å². The Kier molecular flexibility index (Phi) is 15.8. The Bertz CT molecular complexity index is 1860. The number of H-pyrrole nitrogens is 1. The van der Waals surface area contributed by atoms with Gasteiger partial charge in [-0.25, -0.2) is 9.78 Å². The van der Waals surface area contributed by atoms with Crippen molar-refractivity contribution in [1.82, 2.24) is 30.0 Å². The Morgan fingerprint density at radius 1 is 0.845 bits per heavy atom. The molecule has 314 valence electrons. The molecule has 2 saturated heterocycles. The zero-order valence-corrected chi connectivity index (χ0v) is 34.2. The van der Waals surface area contributed by atoms with E-state index in [1.165, 1.54) is 0 Å². The number of hydrogen-bond acceptors (Lipinski definition) is 11. The average Bonchev–Trinajstić information content (AvgIpc) is 3.62. The van der Waals surface area contributed by atoms with Gasteiger partial charge in [0, 0.05) is 58.3 Å². The van der Waals surface area contributed by atoms with Crippen molar-refractivity contribution in [2.75, 3.05) is 78.9 Å². The lowest BCUT2D eigenvalue weighted by Crippen LogP contribution is -2.47.